The van der Waals surface area contributed by atoms with Crippen LogP contribution in [0.4, 0.5) is 0 Å². The van der Waals surface area contributed by atoms with Crippen molar-refractivity contribution in [1.29, 1.82) is 0 Å². The summed E-state index contributed by atoms with van der Waals surface area (Å²) < 4.78 is 0. The molecular weight excluding hydrogens is 356 g/mol. The number of aryl methyl sites for hydroxylation is 2. The number of hydrogen-bond acceptors (Lipinski definition) is 4. The summed E-state index contributed by atoms with van der Waals surface area (Å²) in [7, 11) is 2.08. The van der Waals surface area contributed by atoms with Crippen molar-refractivity contribution in [2.75, 3.05) is 33.2 Å². The van der Waals surface area contributed by atoms with E-state index in [-0.39, 0.29) is 0 Å². The minimum absolute atomic E-state index is 0.868. The van der Waals surface area contributed by atoms with Crippen LogP contribution in [-0.4, -0.2) is 43.1 Å². The number of hydrazine groups is 2. The molecule has 0 aromatic heterocycles. The molecule has 0 heterocycles. The highest BCUT2D eigenvalue weighted by Gasteiger charge is 2.04. The highest BCUT2D eigenvalue weighted by atomic mass is 15.7. The summed E-state index contributed by atoms with van der Waals surface area (Å²) in [5.41, 5.74) is 13.1. The first-order valence-electron chi connectivity index (χ1n) is 11.0. The molecule has 0 saturated heterocycles. The van der Waals surface area contributed by atoms with E-state index in [1.807, 2.05) is 0 Å². The minimum atomic E-state index is 0.868. The molecule has 1 aromatic rings. The molecule has 2 N–H and O–H groups in total. The largest absolute Gasteiger partial charge is 0.312 e. The molecule has 0 aliphatic rings. The maximum atomic E-state index is 3.38. The topological polar surface area (TPSA) is 30.5 Å². The van der Waals surface area contributed by atoms with Gasteiger partial charge in [0, 0.05) is 32.3 Å². The van der Waals surface area contributed by atoms with Gasteiger partial charge in [0.05, 0.1) is 0 Å². The Balaban J connectivity index is 2.61. The summed E-state index contributed by atoms with van der Waals surface area (Å²) >= 11 is 0. The average molecular weight is 399 g/mol. The number of nitrogens with zero attached hydrogens (tertiary/aromatic N) is 2. The highest BCUT2D eigenvalue weighted by molar-refractivity contribution is 5.75. The van der Waals surface area contributed by atoms with Gasteiger partial charge in [0.15, 0.2) is 0 Å². The molecule has 0 saturated carbocycles. The lowest BCUT2D eigenvalue weighted by Crippen LogP contribution is -2.47. The Labute approximate surface area is 179 Å². The Morgan fingerprint density at radius 2 is 1.79 bits per heavy atom. The van der Waals surface area contributed by atoms with Crippen molar-refractivity contribution < 1.29 is 0 Å². The quantitative estimate of drug-likeness (QED) is 0.352. The standard InChI is InChI=1S/C25H42N4/c1-8-13-24(26-27-28(7)18-19-29(10-3)11-4)15-12-14-23(9-2)25-17-16-21(5)20-22(25)6/h9,12-14,16-17,20,26-27H,8,10-11,15,18-19H2,1-7H3/b14-12-,23-9+,24-13-. The maximum Gasteiger partial charge on any atom is 0.0273 e. The van der Waals surface area contributed by atoms with Crippen molar-refractivity contribution in [3.05, 3.63) is 64.9 Å². The predicted molar refractivity (Wildman–Crippen MR) is 128 cm³/mol. The molecule has 0 unspecified atom stereocenters. The van der Waals surface area contributed by atoms with E-state index >= 15 is 0 Å². The molecule has 0 amide bonds. The molecule has 0 radical (unpaired) electrons. The molecule has 1 aromatic carbocycles. The minimum Gasteiger partial charge on any atom is -0.312 e. The Hall–Kier alpha value is -1.88. The number of benzene rings is 1. The third-order valence-electron chi connectivity index (χ3n) is 5.14. The normalized spacial score (nSPS) is 13.1. The van der Waals surface area contributed by atoms with E-state index in [1.54, 1.807) is 0 Å². The molecule has 4 heteroatoms. The smallest absolute Gasteiger partial charge is 0.0273 e. The van der Waals surface area contributed by atoms with Crippen LogP contribution in [-0.2, 0) is 0 Å². The lowest BCUT2D eigenvalue weighted by atomic mass is 9.98. The van der Waals surface area contributed by atoms with Gasteiger partial charge in [0.1, 0.15) is 0 Å². The first-order valence-corrected chi connectivity index (χ1v) is 11.0. The maximum absolute atomic E-state index is 3.38. The lowest BCUT2D eigenvalue weighted by Gasteiger charge is -2.24. The third kappa shape index (κ3) is 9.44. The van der Waals surface area contributed by atoms with Crippen LogP contribution in [0.3, 0.4) is 0 Å². The van der Waals surface area contributed by atoms with E-state index in [1.165, 1.54) is 28.0 Å². The summed E-state index contributed by atoms with van der Waals surface area (Å²) in [4.78, 5) is 2.43. The predicted octanol–water partition coefficient (Wildman–Crippen LogP) is 5.23. The number of hydrogen-bond donors (Lipinski definition) is 2. The van der Waals surface area contributed by atoms with E-state index in [0.717, 1.165) is 39.0 Å². The summed E-state index contributed by atoms with van der Waals surface area (Å²) in [6.07, 6.45) is 10.8. The van der Waals surface area contributed by atoms with Gasteiger partial charge in [-0.15, -0.1) is 0 Å². The van der Waals surface area contributed by atoms with Crippen molar-refractivity contribution in [1.82, 2.24) is 20.9 Å². The number of rotatable bonds is 13. The van der Waals surface area contributed by atoms with E-state index in [0.29, 0.717) is 0 Å². The van der Waals surface area contributed by atoms with Crippen LogP contribution < -0.4 is 11.0 Å². The van der Waals surface area contributed by atoms with Crippen molar-refractivity contribution in [3.63, 3.8) is 0 Å². The Kier molecular flexibility index (Phi) is 12.3. The van der Waals surface area contributed by atoms with Gasteiger partial charge in [0.2, 0.25) is 0 Å². The van der Waals surface area contributed by atoms with Crippen LogP contribution in [0.1, 0.15) is 57.2 Å². The van der Waals surface area contributed by atoms with Crippen LogP contribution >= 0.6 is 0 Å². The fourth-order valence-electron chi connectivity index (χ4n) is 3.28. The van der Waals surface area contributed by atoms with E-state index in [9.17, 15) is 0 Å². The van der Waals surface area contributed by atoms with Gasteiger partial charge < -0.3 is 10.3 Å². The fraction of sp³-hybridized carbons (Fsp3) is 0.520. The zero-order valence-corrected chi connectivity index (χ0v) is 19.7. The van der Waals surface area contributed by atoms with Crippen LogP contribution in [0.25, 0.3) is 5.57 Å². The first kappa shape index (κ1) is 25.2. The molecule has 0 fully saturated rings. The Morgan fingerprint density at radius 1 is 1.07 bits per heavy atom. The second-order valence-electron chi connectivity index (χ2n) is 7.49. The van der Waals surface area contributed by atoms with Crippen molar-refractivity contribution in [2.24, 2.45) is 0 Å². The lowest BCUT2D eigenvalue weighted by molar-refractivity contribution is 0.170. The van der Waals surface area contributed by atoms with Gasteiger partial charge in [-0.25, -0.2) is 5.01 Å². The molecule has 0 spiro atoms. The molecule has 162 valence electrons. The van der Waals surface area contributed by atoms with Crippen LogP contribution in [0.2, 0.25) is 0 Å². The summed E-state index contributed by atoms with van der Waals surface area (Å²) in [6.45, 7) is 17.2. The van der Waals surface area contributed by atoms with Crippen molar-refractivity contribution >= 4 is 5.57 Å². The molecule has 0 aliphatic carbocycles. The third-order valence-corrected chi connectivity index (χ3v) is 5.14. The van der Waals surface area contributed by atoms with Crippen LogP contribution in [0.15, 0.2) is 48.2 Å². The fourth-order valence-corrected chi connectivity index (χ4v) is 3.28. The average Bonchev–Trinajstić information content (AvgIpc) is 2.70. The zero-order chi connectivity index (χ0) is 21.6. The van der Waals surface area contributed by atoms with Crippen LogP contribution in [0.5, 0.6) is 0 Å². The number of likely N-dealkylation sites (N-methyl/N-ethyl adjacent to an activating group) is 2. The van der Waals surface area contributed by atoms with E-state index < -0.39 is 0 Å². The van der Waals surface area contributed by atoms with Crippen LogP contribution in [0, 0.1) is 13.8 Å². The summed E-state index contributed by atoms with van der Waals surface area (Å²) in [5, 5.41) is 2.11. The molecule has 0 aliphatic heterocycles. The second kappa shape index (κ2) is 14.2. The number of allylic oxidation sites excluding steroid dienone is 5. The van der Waals surface area contributed by atoms with Gasteiger partial charge >= 0.3 is 0 Å². The SMILES string of the molecule is C/C=C(\C=C/C/C(=C/CC)NNN(C)CCN(CC)CC)c1ccc(C)cc1C. The van der Waals surface area contributed by atoms with Gasteiger partial charge in [-0.05, 0) is 57.0 Å². The van der Waals surface area contributed by atoms with Gasteiger partial charge in [-0.3, -0.25) is 0 Å². The monoisotopic (exact) mass is 398 g/mol. The van der Waals surface area contributed by atoms with Gasteiger partial charge in [-0.2, -0.15) is 5.53 Å². The molecule has 4 nitrogen and oxygen atoms in total. The van der Waals surface area contributed by atoms with Gasteiger partial charge in [0.25, 0.3) is 0 Å². The molecule has 0 bridgehead atoms. The van der Waals surface area contributed by atoms with E-state index in [4.69, 9.17) is 0 Å². The Bertz CT molecular complexity index is 684. The Morgan fingerprint density at radius 3 is 2.38 bits per heavy atom. The number of nitrogens with one attached hydrogen (secondary N) is 2. The molecule has 0 atom stereocenters. The molecule has 1 rings (SSSR count). The summed E-state index contributed by atoms with van der Waals surface area (Å²) in [5.74, 6) is 0. The van der Waals surface area contributed by atoms with Gasteiger partial charge in [-0.1, -0.05) is 68.8 Å². The van der Waals surface area contributed by atoms with Crippen molar-refractivity contribution in [3.8, 4) is 0 Å². The van der Waals surface area contributed by atoms with Crippen molar-refractivity contribution in [2.45, 2.75) is 54.4 Å². The van der Waals surface area contributed by atoms with E-state index in [2.05, 4.69) is 112 Å². The highest BCUT2D eigenvalue weighted by Crippen LogP contribution is 2.21. The summed E-state index contributed by atoms with van der Waals surface area (Å²) in [6, 6.07) is 6.65. The molecule has 29 heavy (non-hydrogen) atoms. The first-order chi connectivity index (χ1) is 13.9. The zero-order valence-electron chi connectivity index (χ0n) is 19.7. The second-order valence-corrected chi connectivity index (χ2v) is 7.49. The molecular formula is C25H42N4.